The van der Waals surface area contributed by atoms with Crippen molar-refractivity contribution in [3.63, 3.8) is 0 Å². The van der Waals surface area contributed by atoms with E-state index in [1.54, 1.807) is 6.20 Å². The predicted molar refractivity (Wildman–Crippen MR) is 84.4 cm³/mol. The third-order valence-corrected chi connectivity index (χ3v) is 4.24. The number of carboxylic acids is 2. The maximum absolute atomic E-state index is 11.4. The number of aliphatic carboxylic acids is 2. The van der Waals surface area contributed by atoms with Gasteiger partial charge in [0, 0.05) is 23.5 Å². The second kappa shape index (κ2) is 6.39. The van der Waals surface area contributed by atoms with Crippen molar-refractivity contribution in [2.75, 3.05) is 0 Å². The number of rotatable bonds is 7. The Morgan fingerprint density at radius 2 is 2.09 bits per heavy atom. The van der Waals surface area contributed by atoms with E-state index in [4.69, 9.17) is 10.8 Å². The van der Waals surface area contributed by atoms with Gasteiger partial charge in [-0.05, 0) is 30.5 Å². The molecule has 0 aliphatic carbocycles. The van der Waals surface area contributed by atoms with Gasteiger partial charge in [-0.15, -0.1) is 0 Å². The van der Waals surface area contributed by atoms with Crippen LogP contribution in [0.3, 0.4) is 0 Å². The molecule has 0 fully saturated rings. The van der Waals surface area contributed by atoms with Crippen LogP contribution in [0.2, 0.25) is 0 Å². The Bertz CT molecular complexity index is 698. The summed E-state index contributed by atoms with van der Waals surface area (Å²) in [5.41, 5.74) is 7.33. The van der Waals surface area contributed by atoms with Crippen LogP contribution < -0.4 is 10.5 Å². The Labute approximate surface area is 131 Å². The molecule has 7 nitrogen and oxygen atoms in total. The lowest BCUT2D eigenvalue weighted by Crippen LogP contribution is -2.46. The first kappa shape index (κ1) is 16.3. The number of benzene rings is 1. The smallest absolute Gasteiger partial charge is 0.335 e. The molecular weight excluding hydrogens is 306 g/mol. The number of hydrogen-bond donors (Lipinski definition) is 5. The topological polar surface area (TPSA) is 128 Å². The highest BCUT2D eigenvalue weighted by Gasteiger charge is 2.31. The number of carboxylic acid groups (broad SMARTS) is 2. The fraction of sp³-hybridized carbons (Fsp3) is 0.286. The zero-order valence-electron chi connectivity index (χ0n) is 11.9. The Hall–Kier alpha value is -2.03. The summed E-state index contributed by atoms with van der Waals surface area (Å²) in [5, 5.41) is 19.2. The fourth-order valence-corrected chi connectivity index (χ4v) is 2.60. The van der Waals surface area contributed by atoms with Gasteiger partial charge in [0.05, 0.1) is 0 Å². The first-order valence-electron chi connectivity index (χ1n) is 6.55. The number of hydrogen-bond acceptors (Lipinski definition) is 5. The van der Waals surface area contributed by atoms with Gasteiger partial charge >= 0.3 is 11.9 Å². The van der Waals surface area contributed by atoms with Crippen LogP contribution in [-0.2, 0) is 16.0 Å². The van der Waals surface area contributed by atoms with Crippen LogP contribution in [0.25, 0.3) is 10.9 Å². The molecule has 1 heterocycles. The fourth-order valence-electron chi connectivity index (χ4n) is 1.94. The van der Waals surface area contributed by atoms with Crippen LogP contribution in [0.1, 0.15) is 12.5 Å². The lowest BCUT2D eigenvalue weighted by atomic mass is 10.1. The van der Waals surface area contributed by atoms with Gasteiger partial charge in [0.15, 0.2) is 4.87 Å². The van der Waals surface area contributed by atoms with E-state index in [0.717, 1.165) is 16.5 Å². The zero-order valence-corrected chi connectivity index (χ0v) is 12.7. The molecule has 1 aromatic carbocycles. The number of H-pyrrole nitrogens is 1. The van der Waals surface area contributed by atoms with Crippen molar-refractivity contribution < 1.29 is 19.8 Å². The van der Waals surface area contributed by atoms with Gasteiger partial charge in [-0.1, -0.05) is 18.2 Å². The van der Waals surface area contributed by atoms with Gasteiger partial charge < -0.3 is 20.9 Å². The van der Waals surface area contributed by atoms with Crippen molar-refractivity contribution >= 4 is 34.8 Å². The molecule has 0 spiro atoms. The van der Waals surface area contributed by atoms with Crippen LogP contribution in [0.15, 0.2) is 30.5 Å². The van der Waals surface area contributed by atoms with Crippen LogP contribution in [0.5, 0.6) is 0 Å². The molecule has 0 aliphatic heterocycles. The van der Waals surface area contributed by atoms with Crippen LogP contribution in [0.4, 0.5) is 0 Å². The van der Waals surface area contributed by atoms with Gasteiger partial charge in [0.2, 0.25) is 0 Å². The number of aromatic amines is 1. The lowest BCUT2D eigenvalue weighted by molar-refractivity contribution is -0.140. The van der Waals surface area contributed by atoms with Gasteiger partial charge in [-0.3, -0.25) is 4.79 Å². The lowest BCUT2D eigenvalue weighted by Gasteiger charge is -2.21. The Morgan fingerprint density at radius 3 is 2.73 bits per heavy atom. The van der Waals surface area contributed by atoms with E-state index in [0.29, 0.717) is 11.9 Å². The number of carbonyl (C=O) groups is 2. The van der Waals surface area contributed by atoms with E-state index in [9.17, 15) is 14.7 Å². The molecule has 0 bridgehead atoms. The number of para-hydroxylation sites is 1. The molecule has 2 rings (SSSR count). The van der Waals surface area contributed by atoms with Gasteiger partial charge in [-0.2, -0.15) is 0 Å². The van der Waals surface area contributed by atoms with Crippen molar-refractivity contribution in [1.82, 2.24) is 9.71 Å². The van der Waals surface area contributed by atoms with E-state index < -0.39 is 22.9 Å². The average molecular weight is 323 g/mol. The molecule has 1 aromatic heterocycles. The first-order chi connectivity index (χ1) is 10.3. The average Bonchev–Trinajstić information content (AvgIpc) is 2.86. The van der Waals surface area contributed by atoms with Crippen molar-refractivity contribution in [3.8, 4) is 0 Å². The number of fused-ring (bicyclic) bond motifs is 1. The van der Waals surface area contributed by atoms with Crippen molar-refractivity contribution in [1.29, 1.82) is 0 Å². The second-order valence-corrected chi connectivity index (χ2v) is 6.37. The van der Waals surface area contributed by atoms with Crippen molar-refractivity contribution in [3.05, 3.63) is 36.0 Å². The predicted octanol–water partition coefficient (Wildman–Crippen LogP) is 1.16. The minimum absolute atomic E-state index is 0.210. The molecule has 6 N–H and O–H groups in total. The summed E-state index contributed by atoms with van der Waals surface area (Å²) in [6.45, 7) is 1.30. The van der Waals surface area contributed by atoms with Crippen molar-refractivity contribution in [2.24, 2.45) is 5.73 Å². The molecular formula is C14H17N3O4S. The minimum Gasteiger partial charge on any atom is -0.480 e. The first-order valence-corrected chi connectivity index (χ1v) is 7.36. The summed E-state index contributed by atoms with van der Waals surface area (Å²) in [7, 11) is 0. The molecule has 0 saturated heterocycles. The third kappa shape index (κ3) is 3.59. The normalized spacial score (nSPS) is 15.4. The van der Waals surface area contributed by atoms with E-state index in [1.807, 2.05) is 24.3 Å². The third-order valence-electron chi connectivity index (χ3n) is 3.23. The van der Waals surface area contributed by atoms with E-state index >= 15 is 0 Å². The quantitative estimate of drug-likeness (QED) is 0.382. The van der Waals surface area contributed by atoms with E-state index in [2.05, 4.69) is 9.71 Å². The Kier molecular flexibility index (Phi) is 4.74. The molecule has 0 saturated carbocycles. The highest BCUT2D eigenvalue weighted by molar-refractivity contribution is 7.99. The SMILES string of the molecule is CC(N)(SNC(Cc1c[nH]c2ccccc12)C(=O)O)C(=O)O. The minimum atomic E-state index is -1.60. The molecule has 22 heavy (non-hydrogen) atoms. The number of nitrogens with two attached hydrogens (primary N) is 1. The van der Waals surface area contributed by atoms with Crippen LogP contribution in [0, 0.1) is 0 Å². The van der Waals surface area contributed by atoms with E-state index in [-0.39, 0.29) is 6.42 Å². The van der Waals surface area contributed by atoms with E-state index in [1.165, 1.54) is 6.92 Å². The van der Waals surface area contributed by atoms with Gasteiger partial charge in [0.25, 0.3) is 0 Å². The summed E-state index contributed by atoms with van der Waals surface area (Å²) < 4.78 is 2.64. The monoisotopic (exact) mass is 323 g/mol. The highest BCUT2D eigenvalue weighted by atomic mass is 32.2. The molecule has 0 aliphatic rings. The van der Waals surface area contributed by atoms with Gasteiger partial charge in [-0.25, -0.2) is 9.52 Å². The summed E-state index contributed by atoms with van der Waals surface area (Å²) in [4.78, 5) is 23.8. The molecule has 2 atom stereocenters. The maximum Gasteiger partial charge on any atom is 0.335 e. The molecule has 0 amide bonds. The molecule has 2 unspecified atom stereocenters. The summed E-state index contributed by atoms with van der Waals surface area (Å²) in [6.07, 6.45) is 1.97. The standard InChI is InChI=1S/C14H17N3O4S/c1-14(15,13(20)21)22-17-11(12(18)19)6-8-7-16-10-5-3-2-4-9(8)10/h2-5,7,11,16-17H,6,15H2,1H3,(H,18,19)(H,20,21). The number of nitrogens with one attached hydrogen (secondary N) is 2. The maximum atomic E-state index is 11.4. The van der Waals surface area contributed by atoms with Gasteiger partial charge in [0.1, 0.15) is 6.04 Å². The van der Waals surface area contributed by atoms with Crippen LogP contribution >= 0.6 is 11.9 Å². The highest BCUT2D eigenvalue weighted by Crippen LogP contribution is 2.21. The zero-order chi connectivity index (χ0) is 16.3. The number of aromatic nitrogens is 1. The summed E-state index contributed by atoms with van der Waals surface area (Å²) in [5.74, 6) is -2.29. The molecule has 118 valence electrons. The van der Waals surface area contributed by atoms with Crippen LogP contribution in [-0.4, -0.2) is 38.0 Å². The molecule has 8 heteroatoms. The largest absolute Gasteiger partial charge is 0.480 e. The second-order valence-electron chi connectivity index (χ2n) is 5.09. The molecule has 2 aromatic rings. The summed E-state index contributed by atoms with van der Waals surface area (Å²) >= 11 is 0.688. The van der Waals surface area contributed by atoms with Crippen molar-refractivity contribution in [2.45, 2.75) is 24.3 Å². The summed E-state index contributed by atoms with van der Waals surface area (Å²) in [6, 6.07) is 6.61. The Morgan fingerprint density at radius 1 is 1.41 bits per heavy atom. The Balaban J connectivity index is 2.13. The molecule has 0 radical (unpaired) electrons.